The SMILES string of the molecule is CCn1cc(C(=O)Nc2sc(C(N)=O)c(C)c2C(=O)OC(C)C)cn1. The summed E-state index contributed by atoms with van der Waals surface area (Å²) in [6, 6.07) is 0. The van der Waals surface area contributed by atoms with E-state index < -0.39 is 17.8 Å². The number of esters is 1. The van der Waals surface area contributed by atoms with Gasteiger partial charge in [-0.1, -0.05) is 0 Å². The second-order valence-electron chi connectivity index (χ2n) is 5.62. The fraction of sp³-hybridized carbons (Fsp3) is 0.375. The lowest BCUT2D eigenvalue weighted by atomic mass is 10.1. The van der Waals surface area contributed by atoms with E-state index in [1.807, 2.05) is 6.92 Å². The average molecular weight is 364 g/mol. The number of nitrogens with one attached hydrogen (secondary N) is 1. The molecule has 2 aromatic heterocycles. The van der Waals surface area contributed by atoms with Crippen molar-refractivity contribution >= 4 is 34.1 Å². The fourth-order valence-corrected chi connectivity index (χ4v) is 3.23. The van der Waals surface area contributed by atoms with Gasteiger partial charge in [0.1, 0.15) is 5.00 Å². The van der Waals surface area contributed by atoms with E-state index in [4.69, 9.17) is 10.5 Å². The number of hydrogen-bond donors (Lipinski definition) is 2. The maximum absolute atomic E-state index is 12.4. The van der Waals surface area contributed by atoms with Crippen LogP contribution in [0.25, 0.3) is 0 Å². The van der Waals surface area contributed by atoms with Gasteiger partial charge in [-0.3, -0.25) is 14.3 Å². The van der Waals surface area contributed by atoms with Crippen molar-refractivity contribution in [1.82, 2.24) is 9.78 Å². The van der Waals surface area contributed by atoms with Gasteiger partial charge in [0.15, 0.2) is 0 Å². The molecule has 0 radical (unpaired) electrons. The molecule has 0 aliphatic rings. The number of hydrogen-bond acceptors (Lipinski definition) is 6. The predicted molar refractivity (Wildman–Crippen MR) is 94.0 cm³/mol. The van der Waals surface area contributed by atoms with Gasteiger partial charge in [0, 0.05) is 12.7 Å². The lowest BCUT2D eigenvalue weighted by molar-refractivity contribution is 0.0379. The summed E-state index contributed by atoms with van der Waals surface area (Å²) in [5, 5.41) is 6.92. The monoisotopic (exact) mass is 364 g/mol. The number of carbonyl (C=O) groups is 3. The van der Waals surface area contributed by atoms with Gasteiger partial charge in [-0.15, -0.1) is 11.3 Å². The highest BCUT2D eigenvalue weighted by Gasteiger charge is 2.26. The van der Waals surface area contributed by atoms with E-state index in [2.05, 4.69) is 10.4 Å². The fourth-order valence-electron chi connectivity index (χ4n) is 2.18. The molecule has 0 fully saturated rings. The number of nitrogens with zero attached hydrogens (tertiary/aromatic N) is 2. The highest BCUT2D eigenvalue weighted by Crippen LogP contribution is 2.34. The molecule has 0 spiro atoms. The minimum Gasteiger partial charge on any atom is -0.459 e. The summed E-state index contributed by atoms with van der Waals surface area (Å²) in [6.45, 7) is 7.55. The van der Waals surface area contributed by atoms with Crippen molar-refractivity contribution in [3.63, 3.8) is 0 Å². The summed E-state index contributed by atoms with van der Waals surface area (Å²) in [5.41, 5.74) is 6.23. The maximum Gasteiger partial charge on any atom is 0.341 e. The van der Waals surface area contributed by atoms with E-state index in [9.17, 15) is 14.4 Å². The molecule has 25 heavy (non-hydrogen) atoms. The molecule has 0 aliphatic heterocycles. The lowest BCUT2D eigenvalue weighted by Gasteiger charge is -2.10. The molecule has 8 nitrogen and oxygen atoms in total. The third-order valence-corrected chi connectivity index (χ3v) is 4.59. The molecule has 2 heterocycles. The molecule has 0 unspecified atom stereocenters. The van der Waals surface area contributed by atoms with Crippen LogP contribution in [0.15, 0.2) is 12.4 Å². The van der Waals surface area contributed by atoms with Crippen LogP contribution in [0.4, 0.5) is 5.00 Å². The molecule has 3 N–H and O–H groups in total. The predicted octanol–water partition coefficient (Wildman–Crippen LogP) is 2.19. The molecule has 0 aliphatic carbocycles. The van der Waals surface area contributed by atoms with Gasteiger partial charge >= 0.3 is 5.97 Å². The van der Waals surface area contributed by atoms with Crippen LogP contribution in [0.1, 0.15) is 56.7 Å². The van der Waals surface area contributed by atoms with E-state index in [0.717, 1.165) is 11.3 Å². The van der Waals surface area contributed by atoms with Crippen molar-refractivity contribution in [3.8, 4) is 0 Å². The van der Waals surface area contributed by atoms with Crippen LogP contribution in [0, 0.1) is 6.92 Å². The number of rotatable bonds is 6. The van der Waals surface area contributed by atoms with Crippen molar-refractivity contribution in [3.05, 3.63) is 34.0 Å². The Bertz CT molecular complexity index is 822. The molecule has 2 aromatic rings. The molecule has 0 saturated carbocycles. The number of carbonyl (C=O) groups excluding carboxylic acids is 3. The van der Waals surface area contributed by atoms with Crippen molar-refractivity contribution in [2.24, 2.45) is 5.73 Å². The van der Waals surface area contributed by atoms with Gasteiger partial charge in [0.25, 0.3) is 11.8 Å². The van der Waals surface area contributed by atoms with E-state index >= 15 is 0 Å². The molecule has 0 bridgehead atoms. The van der Waals surface area contributed by atoms with Crippen LogP contribution in [0.3, 0.4) is 0 Å². The molecular weight excluding hydrogens is 344 g/mol. The molecule has 0 saturated heterocycles. The zero-order valence-corrected chi connectivity index (χ0v) is 15.3. The van der Waals surface area contributed by atoms with Gasteiger partial charge in [0.05, 0.1) is 28.3 Å². The minimum atomic E-state index is -0.666. The van der Waals surface area contributed by atoms with Crippen LogP contribution in [0.2, 0.25) is 0 Å². The standard InChI is InChI=1S/C16H20N4O4S/c1-5-20-7-10(6-18-20)14(22)19-15-11(16(23)24-8(2)3)9(4)12(25-15)13(17)21/h6-8H,5H2,1-4H3,(H2,17,21)(H,19,22). The molecule has 134 valence electrons. The smallest absolute Gasteiger partial charge is 0.341 e. The normalized spacial score (nSPS) is 10.8. The summed E-state index contributed by atoms with van der Waals surface area (Å²) in [7, 11) is 0. The first-order valence-electron chi connectivity index (χ1n) is 7.72. The highest BCUT2D eigenvalue weighted by molar-refractivity contribution is 7.18. The molecule has 2 rings (SSSR count). The molecule has 9 heteroatoms. The summed E-state index contributed by atoms with van der Waals surface area (Å²) in [5.74, 6) is -1.72. The van der Waals surface area contributed by atoms with E-state index in [0.29, 0.717) is 17.7 Å². The molecule has 0 aromatic carbocycles. The van der Waals surface area contributed by atoms with Gasteiger partial charge in [0.2, 0.25) is 0 Å². The van der Waals surface area contributed by atoms with Crippen molar-refractivity contribution in [2.45, 2.75) is 40.3 Å². The summed E-state index contributed by atoms with van der Waals surface area (Å²) >= 11 is 0.951. The molecule has 2 amide bonds. The van der Waals surface area contributed by atoms with Crippen molar-refractivity contribution < 1.29 is 19.1 Å². The van der Waals surface area contributed by atoms with Gasteiger partial charge in [-0.05, 0) is 33.3 Å². The number of anilines is 1. The Balaban J connectivity index is 2.38. The number of aryl methyl sites for hydroxylation is 1. The summed E-state index contributed by atoms with van der Waals surface area (Å²) in [6.07, 6.45) is 2.69. The highest BCUT2D eigenvalue weighted by atomic mass is 32.1. The second kappa shape index (κ2) is 7.47. The van der Waals surface area contributed by atoms with Gasteiger partial charge in [-0.2, -0.15) is 5.10 Å². The Hall–Kier alpha value is -2.68. The summed E-state index contributed by atoms with van der Waals surface area (Å²) in [4.78, 5) is 36.6. The molecule has 0 atom stereocenters. The third-order valence-electron chi connectivity index (χ3n) is 3.36. The van der Waals surface area contributed by atoms with Crippen LogP contribution in [-0.4, -0.2) is 33.7 Å². The van der Waals surface area contributed by atoms with E-state index in [1.165, 1.54) is 6.20 Å². The first-order valence-corrected chi connectivity index (χ1v) is 8.54. The Morgan fingerprint density at radius 1 is 1.40 bits per heavy atom. The Morgan fingerprint density at radius 2 is 2.08 bits per heavy atom. The largest absolute Gasteiger partial charge is 0.459 e. The number of aromatic nitrogens is 2. The topological polar surface area (TPSA) is 116 Å². The first kappa shape index (κ1) is 18.7. The number of amides is 2. The van der Waals surface area contributed by atoms with Gasteiger partial charge in [-0.25, -0.2) is 4.79 Å². The minimum absolute atomic E-state index is 0.142. The number of ether oxygens (including phenoxy) is 1. The van der Waals surface area contributed by atoms with Crippen LogP contribution in [-0.2, 0) is 11.3 Å². The Morgan fingerprint density at radius 3 is 2.60 bits per heavy atom. The van der Waals surface area contributed by atoms with Gasteiger partial charge < -0.3 is 15.8 Å². The molecular formula is C16H20N4O4S. The number of thiophene rings is 1. The first-order chi connectivity index (χ1) is 11.7. The number of primary amides is 1. The Labute approximate surface area is 149 Å². The average Bonchev–Trinajstić information content (AvgIpc) is 3.11. The summed E-state index contributed by atoms with van der Waals surface area (Å²) < 4.78 is 6.82. The van der Waals surface area contributed by atoms with Crippen LogP contribution < -0.4 is 11.1 Å². The maximum atomic E-state index is 12.4. The number of nitrogens with two attached hydrogens (primary N) is 1. The quantitative estimate of drug-likeness (QED) is 0.762. The zero-order valence-electron chi connectivity index (χ0n) is 14.5. The van der Waals surface area contributed by atoms with Crippen molar-refractivity contribution in [2.75, 3.05) is 5.32 Å². The zero-order chi connectivity index (χ0) is 18.7. The second-order valence-corrected chi connectivity index (χ2v) is 6.64. The Kier molecular flexibility index (Phi) is 5.58. The van der Waals surface area contributed by atoms with E-state index in [-0.39, 0.29) is 21.5 Å². The van der Waals surface area contributed by atoms with Crippen LogP contribution in [0.5, 0.6) is 0 Å². The van der Waals surface area contributed by atoms with Crippen molar-refractivity contribution in [1.29, 1.82) is 0 Å². The van der Waals surface area contributed by atoms with Crippen LogP contribution >= 0.6 is 11.3 Å². The van der Waals surface area contributed by atoms with E-state index in [1.54, 1.807) is 31.6 Å². The lowest BCUT2D eigenvalue weighted by Crippen LogP contribution is -2.17. The third kappa shape index (κ3) is 4.05.